The zero-order valence-electron chi connectivity index (χ0n) is 13.2. The number of fused-ring (bicyclic) bond motifs is 1. The lowest BCUT2D eigenvalue weighted by Gasteiger charge is -2.31. The number of hydrogen-bond acceptors (Lipinski definition) is 3. The zero-order chi connectivity index (χ0) is 14.7. The second-order valence-corrected chi connectivity index (χ2v) is 7.37. The molecule has 1 aromatic carbocycles. The Hall–Kier alpha value is -0.900. The molecule has 1 saturated carbocycles. The van der Waals surface area contributed by atoms with Crippen LogP contribution in [0.25, 0.3) is 10.1 Å². The van der Waals surface area contributed by atoms with Crippen molar-refractivity contribution in [2.24, 2.45) is 0 Å². The van der Waals surface area contributed by atoms with Gasteiger partial charge < -0.3 is 5.32 Å². The molecule has 1 aromatic heterocycles. The Labute approximate surface area is 132 Å². The summed E-state index contributed by atoms with van der Waals surface area (Å²) in [4.78, 5) is 4.09. The van der Waals surface area contributed by atoms with Crippen LogP contribution in [0.3, 0.4) is 0 Å². The average molecular weight is 302 g/mol. The Kier molecular flexibility index (Phi) is 4.94. The molecular weight excluding hydrogens is 276 g/mol. The van der Waals surface area contributed by atoms with E-state index >= 15 is 0 Å². The third-order valence-electron chi connectivity index (χ3n) is 4.72. The second-order valence-electron chi connectivity index (χ2n) is 6.24. The summed E-state index contributed by atoms with van der Waals surface area (Å²) in [6, 6.07) is 9.64. The van der Waals surface area contributed by atoms with Gasteiger partial charge in [-0.15, -0.1) is 11.3 Å². The molecule has 2 aromatic rings. The first-order valence-electron chi connectivity index (χ1n) is 8.13. The van der Waals surface area contributed by atoms with E-state index in [4.69, 9.17) is 0 Å². The third kappa shape index (κ3) is 3.31. The second kappa shape index (κ2) is 6.91. The average Bonchev–Trinajstić information content (AvgIpc) is 2.86. The van der Waals surface area contributed by atoms with Gasteiger partial charge in [0.25, 0.3) is 0 Å². The molecule has 0 spiro atoms. The van der Waals surface area contributed by atoms with Crippen LogP contribution in [0.1, 0.15) is 42.5 Å². The van der Waals surface area contributed by atoms with Gasteiger partial charge in [0.05, 0.1) is 0 Å². The van der Waals surface area contributed by atoms with E-state index in [9.17, 15) is 0 Å². The maximum absolute atomic E-state index is 3.33. The van der Waals surface area contributed by atoms with E-state index < -0.39 is 0 Å². The Morgan fingerprint density at radius 3 is 2.71 bits per heavy atom. The van der Waals surface area contributed by atoms with Gasteiger partial charge in [0.2, 0.25) is 0 Å². The monoisotopic (exact) mass is 302 g/mol. The largest absolute Gasteiger partial charge is 0.315 e. The molecule has 114 valence electrons. The highest BCUT2D eigenvalue weighted by Gasteiger charge is 2.20. The molecule has 2 nitrogen and oxygen atoms in total. The van der Waals surface area contributed by atoms with Gasteiger partial charge in [-0.05, 0) is 44.0 Å². The molecule has 3 rings (SSSR count). The molecule has 0 bridgehead atoms. The summed E-state index contributed by atoms with van der Waals surface area (Å²) < 4.78 is 1.43. The first-order valence-corrected chi connectivity index (χ1v) is 8.95. The van der Waals surface area contributed by atoms with E-state index in [2.05, 4.69) is 41.5 Å². The molecule has 1 aliphatic rings. The highest BCUT2D eigenvalue weighted by Crippen LogP contribution is 2.33. The van der Waals surface area contributed by atoms with Gasteiger partial charge in [-0.3, -0.25) is 4.90 Å². The molecule has 0 saturated heterocycles. The van der Waals surface area contributed by atoms with Crippen molar-refractivity contribution in [1.82, 2.24) is 10.2 Å². The Morgan fingerprint density at radius 1 is 1.19 bits per heavy atom. The predicted molar refractivity (Wildman–Crippen MR) is 92.9 cm³/mol. The van der Waals surface area contributed by atoms with Crippen molar-refractivity contribution in [2.45, 2.75) is 51.2 Å². The number of nitrogens with one attached hydrogen (secondary N) is 1. The minimum absolute atomic E-state index is 0.778. The van der Waals surface area contributed by atoms with Crippen molar-refractivity contribution < 1.29 is 0 Å². The van der Waals surface area contributed by atoms with Gasteiger partial charge in [0.15, 0.2) is 0 Å². The number of benzene rings is 1. The van der Waals surface area contributed by atoms with E-state index in [-0.39, 0.29) is 0 Å². The lowest BCUT2D eigenvalue weighted by atomic mass is 9.94. The number of nitrogens with zero attached hydrogens (tertiary/aromatic N) is 1. The quantitative estimate of drug-likeness (QED) is 0.881. The van der Waals surface area contributed by atoms with Crippen molar-refractivity contribution in [2.75, 3.05) is 14.1 Å². The van der Waals surface area contributed by atoms with Crippen LogP contribution in [-0.4, -0.2) is 25.0 Å². The number of rotatable bonds is 5. The van der Waals surface area contributed by atoms with Crippen LogP contribution >= 0.6 is 11.3 Å². The molecule has 1 heterocycles. The molecule has 0 amide bonds. The Balaban J connectivity index is 1.85. The summed E-state index contributed by atoms with van der Waals surface area (Å²) in [6.45, 7) is 2.07. The fraction of sp³-hybridized carbons (Fsp3) is 0.556. The smallest absolute Gasteiger partial charge is 0.0349 e. The van der Waals surface area contributed by atoms with Crippen LogP contribution in [0.15, 0.2) is 24.3 Å². The van der Waals surface area contributed by atoms with Crippen LogP contribution < -0.4 is 5.32 Å². The Bertz CT molecular complexity index is 584. The maximum Gasteiger partial charge on any atom is 0.0349 e. The fourth-order valence-electron chi connectivity index (χ4n) is 3.53. The van der Waals surface area contributed by atoms with Crippen molar-refractivity contribution in [3.05, 3.63) is 34.7 Å². The minimum atomic E-state index is 0.778. The van der Waals surface area contributed by atoms with E-state index in [0.717, 1.165) is 19.1 Å². The van der Waals surface area contributed by atoms with Crippen LogP contribution in [0, 0.1) is 0 Å². The third-order valence-corrected chi connectivity index (χ3v) is 5.94. The lowest BCUT2D eigenvalue weighted by molar-refractivity contribution is 0.185. The van der Waals surface area contributed by atoms with Gasteiger partial charge in [0, 0.05) is 28.7 Å². The molecule has 0 aliphatic heterocycles. The molecular formula is C18H26N2S. The van der Waals surface area contributed by atoms with Gasteiger partial charge in [-0.1, -0.05) is 37.5 Å². The van der Waals surface area contributed by atoms with E-state index in [0.29, 0.717) is 0 Å². The summed E-state index contributed by atoms with van der Waals surface area (Å²) in [5.41, 5.74) is 1.54. The SMILES string of the molecule is CNCc1sc2ccccc2c1CN(C)C1CCCCC1. The van der Waals surface area contributed by atoms with Crippen LogP contribution in [0.5, 0.6) is 0 Å². The summed E-state index contributed by atoms with van der Waals surface area (Å²) in [5, 5.41) is 4.78. The molecule has 21 heavy (non-hydrogen) atoms. The van der Waals surface area contributed by atoms with E-state index in [1.807, 2.05) is 18.4 Å². The van der Waals surface area contributed by atoms with Gasteiger partial charge in [-0.2, -0.15) is 0 Å². The normalized spacial score (nSPS) is 16.9. The van der Waals surface area contributed by atoms with Crippen LogP contribution in [0.2, 0.25) is 0 Å². The van der Waals surface area contributed by atoms with Gasteiger partial charge in [0.1, 0.15) is 0 Å². The Morgan fingerprint density at radius 2 is 1.95 bits per heavy atom. The van der Waals surface area contributed by atoms with Crippen LogP contribution in [-0.2, 0) is 13.1 Å². The van der Waals surface area contributed by atoms with Crippen molar-refractivity contribution in [3.63, 3.8) is 0 Å². The van der Waals surface area contributed by atoms with Crippen LogP contribution in [0.4, 0.5) is 0 Å². The van der Waals surface area contributed by atoms with Gasteiger partial charge >= 0.3 is 0 Å². The summed E-state index contributed by atoms with van der Waals surface area (Å²) in [7, 11) is 4.35. The molecule has 1 aliphatic carbocycles. The molecule has 1 fully saturated rings. The summed E-state index contributed by atoms with van der Waals surface area (Å²) in [5.74, 6) is 0. The summed E-state index contributed by atoms with van der Waals surface area (Å²) >= 11 is 1.95. The standard InChI is InChI=1S/C18H26N2S/c1-19-12-18-16(15-10-6-7-11-17(15)21-18)13-20(2)14-8-4-3-5-9-14/h6-7,10-11,14,19H,3-5,8-9,12-13H2,1-2H3. The maximum atomic E-state index is 3.33. The number of thiophene rings is 1. The van der Waals surface area contributed by atoms with E-state index in [1.54, 1.807) is 0 Å². The minimum Gasteiger partial charge on any atom is -0.315 e. The highest BCUT2D eigenvalue weighted by atomic mass is 32.1. The summed E-state index contributed by atoms with van der Waals surface area (Å²) in [6.07, 6.45) is 6.99. The highest BCUT2D eigenvalue weighted by molar-refractivity contribution is 7.19. The van der Waals surface area contributed by atoms with Crippen molar-refractivity contribution in [1.29, 1.82) is 0 Å². The lowest BCUT2D eigenvalue weighted by Crippen LogP contribution is -2.33. The fourth-order valence-corrected chi connectivity index (χ4v) is 4.75. The van der Waals surface area contributed by atoms with Crippen molar-refractivity contribution >= 4 is 21.4 Å². The molecule has 1 N–H and O–H groups in total. The van der Waals surface area contributed by atoms with Crippen molar-refractivity contribution in [3.8, 4) is 0 Å². The molecule has 0 unspecified atom stereocenters. The molecule has 0 radical (unpaired) electrons. The van der Waals surface area contributed by atoms with E-state index in [1.165, 1.54) is 52.6 Å². The topological polar surface area (TPSA) is 15.3 Å². The first kappa shape index (κ1) is 15.0. The molecule has 0 atom stereocenters. The number of hydrogen-bond donors (Lipinski definition) is 1. The molecule has 3 heteroatoms. The van der Waals surface area contributed by atoms with Gasteiger partial charge in [-0.25, -0.2) is 0 Å². The first-order chi connectivity index (χ1) is 10.3. The predicted octanol–water partition coefficient (Wildman–Crippen LogP) is 4.39. The zero-order valence-corrected chi connectivity index (χ0v) is 14.0.